The summed E-state index contributed by atoms with van der Waals surface area (Å²) in [7, 11) is 0. The highest BCUT2D eigenvalue weighted by Gasteiger charge is 2.13. The molecular formula is C13H9BrClNO3. The summed E-state index contributed by atoms with van der Waals surface area (Å²) in [5, 5.41) is 10.8. The van der Waals surface area contributed by atoms with Crippen LogP contribution in [0.4, 0.5) is 5.69 Å². The molecule has 0 fully saturated rings. The minimum absolute atomic E-state index is 0.00171. The van der Waals surface area contributed by atoms with E-state index in [9.17, 15) is 10.1 Å². The average molecular weight is 343 g/mol. The predicted molar refractivity (Wildman–Crippen MR) is 76.9 cm³/mol. The minimum Gasteiger partial charge on any atom is -0.457 e. The monoisotopic (exact) mass is 341 g/mol. The number of alkyl halides is 1. The van der Waals surface area contributed by atoms with Crippen LogP contribution in [0.25, 0.3) is 0 Å². The Bertz CT molecular complexity index is 601. The van der Waals surface area contributed by atoms with Gasteiger partial charge in [0.2, 0.25) is 0 Å². The lowest BCUT2D eigenvalue weighted by Gasteiger charge is -2.07. The molecule has 0 aliphatic carbocycles. The Kier molecular flexibility index (Phi) is 4.39. The first-order chi connectivity index (χ1) is 9.10. The smallest absolute Gasteiger partial charge is 0.274 e. The zero-order chi connectivity index (χ0) is 13.8. The third-order valence-electron chi connectivity index (χ3n) is 2.44. The summed E-state index contributed by atoms with van der Waals surface area (Å²) in [6.45, 7) is 0. The van der Waals surface area contributed by atoms with Crippen LogP contribution in [0.2, 0.25) is 0 Å². The number of hydrogen-bond donors (Lipinski definition) is 0. The van der Waals surface area contributed by atoms with Gasteiger partial charge in [-0.3, -0.25) is 10.1 Å². The van der Waals surface area contributed by atoms with E-state index in [-0.39, 0.29) is 11.6 Å². The van der Waals surface area contributed by atoms with Crippen LogP contribution >= 0.6 is 27.5 Å². The Balaban J connectivity index is 2.26. The van der Waals surface area contributed by atoms with Crippen LogP contribution in [0.3, 0.4) is 0 Å². The van der Waals surface area contributed by atoms with Crippen molar-refractivity contribution in [3.63, 3.8) is 0 Å². The summed E-state index contributed by atoms with van der Waals surface area (Å²) in [5.74, 6) is 1.23. The molecule has 0 unspecified atom stereocenters. The van der Waals surface area contributed by atoms with Gasteiger partial charge in [0.25, 0.3) is 5.69 Å². The summed E-state index contributed by atoms with van der Waals surface area (Å²) < 4.78 is 6.56. The molecule has 2 aromatic rings. The number of halogens is 2. The molecule has 0 amide bonds. The maximum atomic E-state index is 10.8. The zero-order valence-electron chi connectivity index (χ0n) is 9.68. The summed E-state index contributed by atoms with van der Waals surface area (Å²) >= 11 is 9.04. The molecule has 2 rings (SSSR count). The van der Waals surface area contributed by atoms with E-state index in [1.165, 1.54) is 6.07 Å². The second kappa shape index (κ2) is 6.04. The van der Waals surface area contributed by atoms with Crippen LogP contribution in [-0.4, -0.2) is 4.92 Å². The second-order valence-corrected chi connectivity index (χ2v) is 4.92. The molecule has 0 radical (unpaired) electrons. The van der Waals surface area contributed by atoms with Gasteiger partial charge >= 0.3 is 0 Å². The van der Waals surface area contributed by atoms with Crippen molar-refractivity contribution in [3.8, 4) is 11.5 Å². The van der Waals surface area contributed by atoms with E-state index in [2.05, 4.69) is 15.9 Å². The predicted octanol–water partition coefficient (Wildman–Crippen LogP) is 4.89. The quantitative estimate of drug-likeness (QED) is 0.451. The fourth-order valence-corrected chi connectivity index (χ4v) is 2.03. The van der Waals surface area contributed by atoms with Gasteiger partial charge in [-0.05, 0) is 36.4 Å². The van der Waals surface area contributed by atoms with Gasteiger partial charge in [-0.1, -0.05) is 15.9 Å². The van der Waals surface area contributed by atoms with Gasteiger partial charge < -0.3 is 4.74 Å². The molecule has 0 atom stereocenters. The first-order valence-corrected chi connectivity index (χ1v) is 6.69. The highest BCUT2D eigenvalue weighted by Crippen LogP contribution is 2.29. The molecule has 0 bridgehead atoms. The SMILES string of the molecule is O=[N+]([O-])c1ccc(Oc2ccc(Br)cc2)cc1CCl. The molecule has 0 N–H and O–H groups in total. The lowest BCUT2D eigenvalue weighted by atomic mass is 10.2. The van der Waals surface area contributed by atoms with E-state index < -0.39 is 4.92 Å². The van der Waals surface area contributed by atoms with E-state index in [1.807, 2.05) is 12.1 Å². The van der Waals surface area contributed by atoms with Crippen molar-refractivity contribution in [3.05, 3.63) is 62.6 Å². The third-order valence-corrected chi connectivity index (χ3v) is 3.26. The number of nitro groups is 1. The molecule has 98 valence electrons. The molecule has 0 saturated carbocycles. The van der Waals surface area contributed by atoms with Crippen LogP contribution < -0.4 is 4.74 Å². The number of hydrogen-bond acceptors (Lipinski definition) is 3. The molecule has 0 heterocycles. The largest absolute Gasteiger partial charge is 0.457 e. The Morgan fingerprint density at radius 1 is 1.16 bits per heavy atom. The van der Waals surface area contributed by atoms with Crippen molar-refractivity contribution in [1.82, 2.24) is 0 Å². The molecule has 0 aliphatic heterocycles. The fraction of sp³-hybridized carbons (Fsp3) is 0.0769. The number of rotatable bonds is 4. The highest BCUT2D eigenvalue weighted by molar-refractivity contribution is 9.10. The molecule has 0 spiro atoms. The van der Waals surface area contributed by atoms with Crippen LogP contribution in [0, 0.1) is 10.1 Å². The second-order valence-electron chi connectivity index (χ2n) is 3.74. The topological polar surface area (TPSA) is 52.4 Å². The van der Waals surface area contributed by atoms with E-state index in [4.69, 9.17) is 16.3 Å². The standard InChI is InChI=1S/C13H9BrClNO3/c14-10-1-3-11(4-2-10)19-12-5-6-13(16(17)18)9(7-12)8-15/h1-7H,8H2. The zero-order valence-corrected chi connectivity index (χ0v) is 12.0. The van der Waals surface area contributed by atoms with Gasteiger partial charge in [-0.15, -0.1) is 11.6 Å². The van der Waals surface area contributed by atoms with E-state index in [1.54, 1.807) is 24.3 Å². The molecule has 0 saturated heterocycles. The summed E-state index contributed by atoms with van der Waals surface area (Å²) in [6.07, 6.45) is 0. The molecule has 0 aliphatic rings. The van der Waals surface area contributed by atoms with E-state index >= 15 is 0 Å². The Morgan fingerprint density at radius 2 is 1.79 bits per heavy atom. The average Bonchev–Trinajstić information content (AvgIpc) is 2.41. The van der Waals surface area contributed by atoms with Crippen LogP contribution in [0.5, 0.6) is 11.5 Å². The number of nitrogens with zero attached hydrogens (tertiary/aromatic N) is 1. The number of benzene rings is 2. The van der Waals surface area contributed by atoms with Gasteiger partial charge in [-0.2, -0.15) is 0 Å². The number of nitro benzene ring substituents is 1. The summed E-state index contributed by atoms with van der Waals surface area (Å²) in [6, 6.07) is 11.8. The van der Waals surface area contributed by atoms with Crippen molar-refractivity contribution in [2.24, 2.45) is 0 Å². The maximum Gasteiger partial charge on any atom is 0.274 e. The van der Waals surface area contributed by atoms with E-state index in [0.29, 0.717) is 17.1 Å². The van der Waals surface area contributed by atoms with Gasteiger partial charge in [0.1, 0.15) is 11.5 Å². The first kappa shape index (κ1) is 13.8. The fourth-order valence-electron chi connectivity index (χ4n) is 1.55. The molecule has 4 nitrogen and oxygen atoms in total. The Morgan fingerprint density at radius 3 is 2.37 bits per heavy atom. The highest BCUT2D eigenvalue weighted by atomic mass is 79.9. The molecule has 19 heavy (non-hydrogen) atoms. The lowest BCUT2D eigenvalue weighted by Crippen LogP contribution is -1.94. The van der Waals surface area contributed by atoms with Crippen molar-refractivity contribution in [1.29, 1.82) is 0 Å². The van der Waals surface area contributed by atoms with Gasteiger partial charge in [0.15, 0.2) is 0 Å². The molecule has 0 aromatic heterocycles. The Labute approximate surface area is 123 Å². The van der Waals surface area contributed by atoms with Crippen LogP contribution in [0.1, 0.15) is 5.56 Å². The molecule has 6 heteroatoms. The normalized spacial score (nSPS) is 10.2. The lowest BCUT2D eigenvalue weighted by molar-refractivity contribution is -0.385. The van der Waals surface area contributed by atoms with Gasteiger partial charge in [-0.25, -0.2) is 0 Å². The minimum atomic E-state index is -0.457. The van der Waals surface area contributed by atoms with Crippen molar-refractivity contribution < 1.29 is 9.66 Å². The van der Waals surface area contributed by atoms with Crippen LogP contribution in [0.15, 0.2) is 46.9 Å². The third kappa shape index (κ3) is 3.45. The van der Waals surface area contributed by atoms with Gasteiger partial charge in [0, 0.05) is 16.1 Å². The van der Waals surface area contributed by atoms with Crippen LogP contribution in [-0.2, 0) is 5.88 Å². The molecule has 2 aromatic carbocycles. The maximum absolute atomic E-state index is 10.8. The summed E-state index contributed by atoms with van der Waals surface area (Å²) in [5.41, 5.74) is 0.430. The molecular weight excluding hydrogens is 334 g/mol. The van der Waals surface area contributed by atoms with Crippen molar-refractivity contribution in [2.45, 2.75) is 5.88 Å². The summed E-state index contributed by atoms with van der Waals surface area (Å²) in [4.78, 5) is 10.3. The first-order valence-electron chi connectivity index (χ1n) is 5.37. The van der Waals surface area contributed by atoms with Crippen molar-refractivity contribution in [2.75, 3.05) is 0 Å². The van der Waals surface area contributed by atoms with Crippen molar-refractivity contribution >= 4 is 33.2 Å². The number of ether oxygens (including phenoxy) is 1. The Hall–Kier alpha value is -1.59. The van der Waals surface area contributed by atoms with Gasteiger partial charge in [0.05, 0.1) is 10.8 Å². The van der Waals surface area contributed by atoms with E-state index in [0.717, 1.165) is 4.47 Å².